The molecule has 0 aromatic heterocycles. The number of nitrogens with zero attached hydrogens (tertiary/aromatic N) is 1. The fourth-order valence-electron chi connectivity index (χ4n) is 3.75. The summed E-state index contributed by atoms with van der Waals surface area (Å²) in [6, 6.07) is 5.57. The van der Waals surface area contributed by atoms with E-state index >= 15 is 0 Å². The van der Waals surface area contributed by atoms with E-state index in [9.17, 15) is 18.0 Å². The number of carbonyl (C=O) groups excluding carboxylic acids is 1. The van der Waals surface area contributed by atoms with Gasteiger partial charge in [-0.1, -0.05) is 18.2 Å². The fraction of sp³-hybridized carbons (Fsp3) is 0.632. The van der Waals surface area contributed by atoms with Crippen LogP contribution in [-0.4, -0.2) is 55.4 Å². The first kappa shape index (κ1) is 20.1. The summed E-state index contributed by atoms with van der Waals surface area (Å²) in [6.45, 7) is 4.08. The molecule has 0 bridgehead atoms. The van der Waals surface area contributed by atoms with E-state index in [2.05, 4.69) is 5.32 Å². The summed E-state index contributed by atoms with van der Waals surface area (Å²) in [7, 11) is 0. The Balaban J connectivity index is 1.54. The molecule has 0 aliphatic carbocycles. The highest BCUT2D eigenvalue weighted by Crippen LogP contribution is 2.34. The minimum atomic E-state index is -4.36. The average molecular weight is 386 g/mol. The monoisotopic (exact) mass is 386 g/mol. The van der Waals surface area contributed by atoms with E-state index in [4.69, 9.17) is 9.47 Å². The van der Waals surface area contributed by atoms with Crippen molar-refractivity contribution in [3.8, 4) is 0 Å². The maximum absolute atomic E-state index is 13.1. The molecule has 2 fully saturated rings. The third kappa shape index (κ3) is 5.00. The summed E-state index contributed by atoms with van der Waals surface area (Å²) < 4.78 is 51.0. The van der Waals surface area contributed by atoms with Crippen molar-refractivity contribution >= 4 is 5.91 Å². The number of carbonyl (C=O) groups is 1. The van der Waals surface area contributed by atoms with E-state index in [0.717, 1.165) is 18.9 Å². The van der Waals surface area contributed by atoms with Crippen LogP contribution in [0.15, 0.2) is 24.3 Å². The Bertz CT molecular complexity index is 668. The summed E-state index contributed by atoms with van der Waals surface area (Å²) in [5.41, 5.74) is -0.910. The Kier molecular flexibility index (Phi) is 6.08. The fourth-order valence-corrected chi connectivity index (χ4v) is 3.75. The van der Waals surface area contributed by atoms with Gasteiger partial charge in [0.25, 0.3) is 0 Å². The summed E-state index contributed by atoms with van der Waals surface area (Å²) in [6.07, 6.45) is -2.93. The number of nitrogens with one attached hydrogen (secondary N) is 1. The molecule has 2 aliphatic heterocycles. The maximum atomic E-state index is 13.1. The quantitative estimate of drug-likeness (QED) is 0.864. The van der Waals surface area contributed by atoms with E-state index in [0.29, 0.717) is 32.8 Å². The van der Waals surface area contributed by atoms with Crippen LogP contribution < -0.4 is 5.32 Å². The molecule has 1 N–H and O–H groups in total. The van der Waals surface area contributed by atoms with Gasteiger partial charge in [-0.15, -0.1) is 0 Å². The first-order valence-corrected chi connectivity index (χ1v) is 9.16. The molecule has 0 radical (unpaired) electrons. The van der Waals surface area contributed by atoms with Crippen LogP contribution in [0.5, 0.6) is 0 Å². The van der Waals surface area contributed by atoms with E-state index in [1.54, 1.807) is 11.0 Å². The molecule has 1 spiro atoms. The zero-order valence-electron chi connectivity index (χ0n) is 15.3. The molecule has 150 valence electrons. The van der Waals surface area contributed by atoms with Crippen LogP contribution in [0.1, 0.15) is 30.9 Å². The molecule has 2 atom stereocenters. The van der Waals surface area contributed by atoms with Gasteiger partial charge in [0.15, 0.2) is 0 Å². The lowest BCUT2D eigenvalue weighted by molar-refractivity contribution is -0.138. The van der Waals surface area contributed by atoms with Gasteiger partial charge in [-0.3, -0.25) is 4.79 Å². The molecule has 2 aliphatic rings. The van der Waals surface area contributed by atoms with Gasteiger partial charge in [-0.05, 0) is 24.5 Å². The lowest BCUT2D eigenvalue weighted by Crippen LogP contribution is -2.46. The molecule has 1 amide bonds. The van der Waals surface area contributed by atoms with E-state index in [1.165, 1.54) is 19.1 Å². The highest BCUT2D eigenvalue weighted by molar-refractivity contribution is 5.73. The van der Waals surface area contributed by atoms with Crippen LogP contribution in [0.2, 0.25) is 0 Å². The number of ether oxygens (including phenoxy) is 2. The molecule has 0 saturated carbocycles. The molecule has 8 heteroatoms. The van der Waals surface area contributed by atoms with Crippen molar-refractivity contribution in [1.29, 1.82) is 0 Å². The predicted octanol–water partition coefficient (Wildman–Crippen LogP) is 2.59. The highest BCUT2D eigenvalue weighted by atomic mass is 19.4. The van der Waals surface area contributed by atoms with Crippen molar-refractivity contribution in [2.75, 3.05) is 32.8 Å². The van der Waals surface area contributed by atoms with Crippen LogP contribution in [0.4, 0.5) is 13.2 Å². The standard InChI is InChI=1S/C19H25F3N2O3/c1-14(25)24-8-9-26-13-18(12-24)7-6-16(27-18)11-23-10-15-4-2-3-5-17(15)19(20,21)22/h2-5,16,23H,6-13H2,1H3/t16-,18+/m0/s1. The Labute approximate surface area is 156 Å². The van der Waals surface area contributed by atoms with Crippen molar-refractivity contribution in [2.24, 2.45) is 0 Å². The summed E-state index contributed by atoms with van der Waals surface area (Å²) in [5.74, 6) is -0.00573. The topological polar surface area (TPSA) is 50.8 Å². The van der Waals surface area contributed by atoms with Gasteiger partial charge in [0.2, 0.25) is 5.91 Å². The summed E-state index contributed by atoms with van der Waals surface area (Å²) in [4.78, 5) is 13.5. The van der Waals surface area contributed by atoms with Crippen molar-refractivity contribution < 1.29 is 27.4 Å². The average Bonchev–Trinajstić information content (AvgIpc) is 2.87. The smallest absolute Gasteiger partial charge is 0.377 e. The summed E-state index contributed by atoms with van der Waals surface area (Å²) >= 11 is 0. The normalized spacial score (nSPS) is 26.4. The maximum Gasteiger partial charge on any atom is 0.416 e. The number of hydrogen-bond donors (Lipinski definition) is 1. The van der Waals surface area contributed by atoms with E-state index in [1.807, 2.05) is 0 Å². The van der Waals surface area contributed by atoms with Crippen molar-refractivity contribution in [3.63, 3.8) is 0 Å². The Morgan fingerprint density at radius 1 is 1.37 bits per heavy atom. The van der Waals surface area contributed by atoms with Gasteiger partial charge in [0, 0.05) is 26.6 Å². The molecule has 0 unspecified atom stereocenters. The second kappa shape index (κ2) is 8.16. The number of amides is 1. The first-order valence-electron chi connectivity index (χ1n) is 9.16. The van der Waals surface area contributed by atoms with Gasteiger partial charge in [0.1, 0.15) is 5.60 Å². The number of alkyl halides is 3. The molecule has 2 saturated heterocycles. The number of hydrogen-bond acceptors (Lipinski definition) is 4. The first-order chi connectivity index (χ1) is 12.8. The van der Waals surface area contributed by atoms with Gasteiger partial charge in [-0.2, -0.15) is 13.2 Å². The zero-order chi connectivity index (χ0) is 19.5. The van der Waals surface area contributed by atoms with Crippen molar-refractivity contribution in [2.45, 2.75) is 44.2 Å². The zero-order valence-corrected chi connectivity index (χ0v) is 15.3. The minimum Gasteiger partial charge on any atom is -0.377 e. The predicted molar refractivity (Wildman–Crippen MR) is 93.1 cm³/mol. The second-order valence-electron chi connectivity index (χ2n) is 7.24. The third-order valence-electron chi connectivity index (χ3n) is 5.14. The number of benzene rings is 1. The van der Waals surface area contributed by atoms with Gasteiger partial charge in [-0.25, -0.2) is 0 Å². The van der Waals surface area contributed by atoms with Crippen LogP contribution >= 0.6 is 0 Å². The largest absolute Gasteiger partial charge is 0.416 e. The van der Waals surface area contributed by atoms with Crippen LogP contribution in [-0.2, 0) is 27.0 Å². The van der Waals surface area contributed by atoms with E-state index in [-0.39, 0.29) is 24.1 Å². The molecule has 1 aromatic rings. The molecule has 2 heterocycles. The van der Waals surface area contributed by atoms with Crippen LogP contribution in [0.25, 0.3) is 0 Å². The van der Waals surface area contributed by atoms with Crippen molar-refractivity contribution in [3.05, 3.63) is 35.4 Å². The van der Waals surface area contributed by atoms with Crippen LogP contribution in [0.3, 0.4) is 0 Å². The highest BCUT2D eigenvalue weighted by Gasteiger charge is 2.43. The van der Waals surface area contributed by atoms with Crippen LogP contribution in [0, 0.1) is 0 Å². The summed E-state index contributed by atoms with van der Waals surface area (Å²) in [5, 5.41) is 3.08. The Morgan fingerprint density at radius 3 is 2.89 bits per heavy atom. The number of rotatable bonds is 4. The Morgan fingerprint density at radius 2 is 2.15 bits per heavy atom. The third-order valence-corrected chi connectivity index (χ3v) is 5.14. The minimum absolute atomic E-state index is 0.00573. The lowest BCUT2D eigenvalue weighted by Gasteiger charge is -2.31. The van der Waals surface area contributed by atoms with Gasteiger partial charge < -0.3 is 19.7 Å². The van der Waals surface area contributed by atoms with E-state index < -0.39 is 17.3 Å². The second-order valence-corrected chi connectivity index (χ2v) is 7.24. The van der Waals surface area contributed by atoms with Crippen molar-refractivity contribution in [1.82, 2.24) is 10.2 Å². The molecular weight excluding hydrogens is 361 g/mol. The SMILES string of the molecule is CC(=O)N1CCOC[C@@]2(CC[C@@H](CNCc3ccccc3C(F)(F)F)O2)C1. The molecule has 3 rings (SSSR count). The molecular formula is C19H25F3N2O3. The molecule has 5 nitrogen and oxygen atoms in total. The van der Waals surface area contributed by atoms with Gasteiger partial charge >= 0.3 is 6.18 Å². The molecule has 27 heavy (non-hydrogen) atoms. The number of halogens is 3. The van der Waals surface area contributed by atoms with Gasteiger partial charge in [0.05, 0.1) is 31.4 Å². The lowest BCUT2D eigenvalue weighted by atomic mass is 10.00. The Hall–Kier alpha value is -1.64. The molecule has 1 aromatic carbocycles.